The molecule has 1 aromatic carbocycles. The summed E-state index contributed by atoms with van der Waals surface area (Å²) >= 11 is 0. The third kappa shape index (κ3) is 2.15. The molecule has 0 fully saturated rings. The fourth-order valence-electron chi connectivity index (χ4n) is 2.46. The molecule has 3 heterocycles. The van der Waals surface area contributed by atoms with Gasteiger partial charge in [-0.15, -0.1) is 15.3 Å². The van der Waals surface area contributed by atoms with Gasteiger partial charge in [0.2, 0.25) is 5.82 Å². The first-order valence-electron chi connectivity index (χ1n) is 6.88. The van der Waals surface area contributed by atoms with Crippen LogP contribution >= 0.6 is 0 Å². The summed E-state index contributed by atoms with van der Waals surface area (Å²) in [6.07, 6.45) is -1.55. The monoisotopic (exact) mass is 354 g/mol. The van der Waals surface area contributed by atoms with Gasteiger partial charge in [0.25, 0.3) is 0 Å². The van der Waals surface area contributed by atoms with Crippen LogP contribution in [0.5, 0.6) is 0 Å². The summed E-state index contributed by atoms with van der Waals surface area (Å²) in [6, 6.07) is 6.48. The molecule has 6 nitrogen and oxygen atoms in total. The SMILES string of the molecule is FC(F)(F)C(F)(F)c1nnc2c3ccccc3c(-n3ccnc3)nn12. The van der Waals surface area contributed by atoms with Crippen LogP contribution in [0.25, 0.3) is 22.2 Å². The number of nitrogens with zero attached hydrogens (tertiary/aromatic N) is 6. The molecule has 3 aromatic heterocycles. The normalized spacial score (nSPS) is 13.0. The van der Waals surface area contributed by atoms with E-state index in [0.717, 1.165) is 0 Å². The second kappa shape index (κ2) is 4.94. The van der Waals surface area contributed by atoms with Gasteiger partial charge in [-0.25, -0.2) is 4.98 Å². The quantitative estimate of drug-likeness (QED) is 0.519. The minimum Gasteiger partial charge on any atom is -0.289 e. The van der Waals surface area contributed by atoms with Crippen molar-refractivity contribution < 1.29 is 22.0 Å². The molecular weight excluding hydrogens is 347 g/mol. The fraction of sp³-hybridized carbons (Fsp3) is 0.143. The van der Waals surface area contributed by atoms with Crippen LogP contribution in [0.2, 0.25) is 0 Å². The summed E-state index contributed by atoms with van der Waals surface area (Å²) in [5, 5.41) is 11.3. The lowest BCUT2D eigenvalue weighted by Gasteiger charge is -2.17. The maximum atomic E-state index is 13.8. The van der Waals surface area contributed by atoms with Crippen LogP contribution in [0.3, 0.4) is 0 Å². The van der Waals surface area contributed by atoms with Crippen molar-refractivity contribution in [1.82, 2.24) is 29.4 Å². The molecule has 11 heteroatoms. The maximum Gasteiger partial charge on any atom is 0.461 e. The van der Waals surface area contributed by atoms with Gasteiger partial charge in [-0.1, -0.05) is 24.3 Å². The number of halogens is 5. The first-order valence-corrected chi connectivity index (χ1v) is 6.88. The molecule has 25 heavy (non-hydrogen) atoms. The van der Waals surface area contributed by atoms with Crippen LogP contribution in [0.1, 0.15) is 5.82 Å². The lowest BCUT2D eigenvalue weighted by molar-refractivity contribution is -0.293. The van der Waals surface area contributed by atoms with E-state index in [0.29, 0.717) is 15.3 Å². The number of rotatable bonds is 2. The number of alkyl halides is 5. The van der Waals surface area contributed by atoms with Crippen LogP contribution in [0, 0.1) is 0 Å². The van der Waals surface area contributed by atoms with Crippen LogP contribution in [-0.2, 0) is 5.92 Å². The highest BCUT2D eigenvalue weighted by atomic mass is 19.4. The average Bonchev–Trinajstić information content (AvgIpc) is 3.22. The van der Waals surface area contributed by atoms with E-state index in [2.05, 4.69) is 20.3 Å². The van der Waals surface area contributed by atoms with Crippen molar-refractivity contribution in [3.8, 4) is 5.82 Å². The van der Waals surface area contributed by atoms with Crippen LogP contribution < -0.4 is 0 Å². The Morgan fingerprint density at radius 1 is 0.920 bits per heavy atom. The molecular formula is C14H7F5N6. The second-order valence-electron chi connectivity index (χ2n) is 5.17. The zero-order valence-corrected chi connectivity index (χ0v) is 12.1. The molecule has 0 saturated carbocycles. The summed E-state index contributed by atoms with van der Waals surface area (Å²) in [6.45, 7) is 0. The summed E-state index contributed by atoms with van der Waals surface area (Å²) in [5.74, 6) is -6.67. The van der Waals surface area contributed by atoms with E-state index in [4.69, 9.17) is 0 Å². The van der Waals surface area contributed by atoms with Gasteiger partial charge in [-0.2, -0.15) is 26.5 Å². The van der Waals surface area contributed by atoms with E-state index in [1.807, 2.05) is 0 Å². The molecule has 4 rings (SSSR count). The molecule has 0 aliphatic carbocycles. The summed E-state index contributed by atoms with van der Waals surface area (Å²) in [5.41, 5.74) is -0.196. The van der Waals surface area contributed by atoms with E-state index >= 15 is 0 Å². The Morgan fingerprint density at radius 3 is 2.28 bits per heavy atom. The van der Waals surface area contributed by atoms with Crippen molar-refractivity contribution in [2.45, 2.75) is 12.1 Å². The van der Waals surface area contributed by atoms with Gasteiger partial charge in [0.15, 0.2) is 11.5 Å². The molecule has 0 spiro atoms. The molecule has 0 N–H and O–H groups in total. The van der Waals surface area contributed by atoms with E-state index in [9.17, 15) is 22.0 Å². The predicted molar refractivity (Wildman–Crippen MR) is 75.4 cm³/mol. The Hall–Kier alpha value is -3.11. The molecule has 0 bridgehead atoms. The van der Waals surface area contributed by atoms with Crippen LogP contribution in [0.4, 0.5) is 22.0 Å². The highest BCUT2D eigenvalue weighted by molar-refractivity contribution is 5.97. The lowest BCUT2D eigenvalue weighted by Crippen LogP contribution is -2.36. The first-order chi connectivity index (χ1) is 11.8. The number of hydrogen-bond donors (Lipinski definition) is 0. The maximum absolute atomic E-state index is 13.8. The minimum atomic E-state index is -5.82. The van der Waals surface area contributed by atoms with Crippen molar-refractivity contribution in [3.05, 3.63) is 48.8 Å². The first kappa shape index (κ1) is 15.4. The van der Waals surface area contributed by atoms with Crippen molar-refractivity contribution in [2.24, 2.45) is 0 Å². The molecule has 0 unspecified atom stereocenters. The Balaban J connectivity index is 2.11. The summed E-state index contributed by atoms with van der Waals surface area (Å²) in [7, 11) is 0. The fourth-order valence-corrected chi connectivity index (χ4v) is 2.46. The third-order valence-electron chi connectivity index (χ3n) is 3.63. The number of imidazole rings is 1. The van der Waals surface area contributed by atoms with Gasteiger partial charge in [-0.3, -0.25) is 4.57 Å². The molecule has 0 aliphatic rings. The van der Waals surface area contributed by atoms with E-state index in [1.54, 1.807) is 18.2 Å². The Labute approximate surface area is 135 Å². The number of fused-ring (bicyclic) bond motifs is 3. The van der Waals surface area contributed by atoms with Gasteiger partial charge < -0.3 is 0 Å². The van der Waals surface area contributed by atoms with Gasteiger partial charge in [0.05, 0.1) is 0 Å². The Morgan fingerprint density at radius 2 is 1.64 bits per heavy atom. The molecule has 0 atom stereocenters. The highest BCUT2D eigenvalue weighted by Crippen LogP contribution is 2.43. The van der Waals surface area contributed by atoms with Crippen molar-refractivity contribution >= 4 is 16.4 Å². The van der Waals surface area contributed by atoms with Crippen LogP contribution in [-0.4, -0.2) is 35.5 Å². The Bertz CT molecular complexity index is 1070. The van der Waals surface area contributed by atoms with E-state index in [-0.39, 0.29) is 11.5 Å². The van der Waals surface area contributed by atoms with Gasteiger partial charge in [0, 0.05) is 23.2 Å². The Kier molecular flexibility index (Phi) is 3.05. The van der Waals surface area contributed by atoms with E-state index in [1.165, 1.54) is 29.4 Å². The van der Waals surface area contributed by atoms with Gasteiger partial charge in [0.1, 0.15) is 6.33 Å². The second-order valence-corrected chi connectivity index (χ2v) is 5.17. The van der Waals surface area contributed by atoms with Gasteiger partial charge >= 0.3 is 12.1 Å². The standard InChI is InChI=1S/C14H7F5N6/c15-13(16,14(17,18)19)12-22-21-10-8-3-1-2-4-9(8)11(23-25(10)12)24-6-5-20-7-24/h1-7H. The highest BCUT2D eigenvalue weighted by Gasteiger charge is 2.62. The van der Waals surface area contributed by atoms with Gasteiger partial charge in [-0.05, 0) is 0 Å². The average molecular weight is 354 g/mol. The summed E-state index contributed by atoms with van der Waals surface area (Å²) < 4.78 is 67.6. The van der Waals surface area contributed by atoms with Crippen molar-refractivity contribution in [2.75, 3.05) is 0 Å². The van der Waals surface area contributed by atoms with E-state index < -0.39 is 17.9 Å². The number of hydrogen-bond acceptors (Lipinski definition) is 4. The van der Waals surface area contributed by atoms with Crippen molar-refractivity contribution in [3.63, 3.8) is 0 Å². The zero-order chi connectivity index (χ0) is 17.8. The molecule has 0 saturated heterocycles. The zero-order valence-electron chi connectivity index (χ0n) is 12.1. The molecule has 0 aliphatic heterocycles. The summed E-state index contributed by atoms with van der Waals surface area (Å²) in [4.78, 5) is 3.84. The smallest absolute Gasteiger partial charge is 0.289 e. The number of aromatic nitrogens is 6. The third-order valence-corrected chi connectivity index (χ3v) is 3.63. The van der Waals surface area contributed by atoms with Crippen molar-refractivity contribution in [1.29, 1.82) is 0 Å². The molecule has 128 valence electrons. The minimum absolute atomic E-state index is 0.125. The van der Waals surface area contributed by atoms with Crippen LogP contribution in [0.15, 0.2) is 43.0 Å². The molecule has 0 amide bonds. The predicted octanol–water partition coefficient (Wildman–Crippen LogP) is 3.12. The topological polar surface area (TPSA) is 60.9 Å². The largest absolute Gasteiger partial charge is 0.461 e. The molecule has 0 radical (unpaired) electrons. The molecule has 4 aromatic rings. The number of benzene rings is 1. The lowest BCUT2D eigenvalue weighted by atomic mass is 10.2.